The van der Waals surface area contributed by atoms with Crippen LogP contribution < -0.4 is 10.6 Å². The highest BCUT2D eigenvalue weighted by Crippen LogP contribution is 2.26. The highest BCUT2D eigenvalue weighted by Gasteiger charge is 2.18. The summed E-state index contributed by atoms with van der Waals surface area (Å²) in [6.45, 7) is 2.59. The molecule has 29 heavy (non-hydrogen) atoms. The molecule has 0 spiro atoms. The number of rotatable bonds is 10. The SMILES string of the molecule is CCCc1ccc(C(NC(=O)CCCNC(=O)c2ccco2)c2cccs2)cc1. The molecule has 3 aromatic rings. The van der Waals surface area contributed by atoms with E-state index in [0.717, 1.165) is 23.3 Å². The first kappa shape index (κ1) is 20.9. The summed E-state index contributed by atoms with van der Waals surface area (Å²) < 4.78 is 5.05. The summed E-state index contributed by atoms with van der Waals surface area (Å²) in [5, 5.41) is 7.92. The van der Waals surface area contributed by atoms with Crippen LogP contribution in [0.1, 0.15) is 58.8 Å². The number of aryl methyl sites for hydroxylation is 1. The normalized spacial score (nSPS) is 11.8. The van der Waals surface area contributed by atoms with E-state index in [9.17, 15) is 9.59 Å². The summed E-state index contributed by atoms with van der Waals surface area (Å²) >= 11 is 1.63. The van der Waals surface area contributed by atoms with Gasteiger partial charge in [0, 0.05) is 17.8 Å². The van der Waals surface area contributed by atoms with Gasteiger partial charge >= 0.3 is 0 Å². The lowest BCUT2D eigenvalue weighted by Gasteiger charge is -2.18. The van der Waals surface area contributed by atoms with Crippen LogP contribution >= 0.6 is 11.3 Å². The average molecular weight is 411 g/mol. The molecule has 1 unspecified atom stereocenters. The van der Waals surface area contributed by atoms with Crippen molar-refractivity contribution in [2.75, 3.05) is 6.54 Å². The lowest BCUT2D eigenvalue weighted by Crippen LogP contribution is -2.30. The van der Waals surface area contributed by atoms with E-state index in [1.165, 1.54) is 11.8 Å². The molecule has 2 heterocycles. The number of thiophene rings is 1. The van der Waals surface area contributed by atoms with Gasteiger partial charge in [0.1, 0.15) is 0 Å². The first-order chi connectivity index (χ1) is 14.2. The summed E-state index contributed by atoms with van der Waals surface area (Å²) in [6.07, 6.45) is 4.53. The summed E-state index contributed by atoms with van der Waals surface area (Å²) in [4.78, 5) is 25.5. The van der Waals surface area contributed by atoms with Crippen LogP contribution in [0.5, 0.6) is 0 Å². The van der Waals surface area contributed by atoms with Crippen molar-refractivity contribution in [1.82, 2.24) is 10.6 Å². The fourth-order valence-electron chi connectivity index (χ4n) is 3.12. The van der Waals surface area contributed by atoms with Crippen molar-refractivity contribution in [3.05, 3.63) is 81.9 Å². The van der Waals surface area contributed by atoms with Crippen LogP contribution in [0.2, 0.25) is 0 Å². The van der Waals surface area contributed by atoms with Gasteiger partial charge in [-0.1, -0.05) is 43.7 Å². The fourth-order valence-corrected chi connectivity index (χ4v) is 3.92. The Kier molecular flexibility index (Phi) is 7.64. The Hall–Kier alpha value is -2.86. The van der Waals surface area contributed by atoms with Crippen molar-refractivity contribution in [2.45, 2.75) is 38.6 Å². The molecule has 2 N–H and O–H groups in total. The quantitative estimate of drug-likeness (QED) is 0.476. The van der Waals surface area contributed by atoms with Crippen LogP contribution in [0.15, 0.2) is 64.6 Å². The van der Waals surface area contributed by atoms with Crippen molar-refractivity contribution in [2.24, 2.45) is 0 Å². The van der Waals surface area contributed by atoms with Crippen molar-refractivity contribution in [1.29, 1.82) is 0 Å². The second-order valence-electron chi connectivity index (χ2n) is 6.84. The molecule has 152 valence electrons. The van der Waals surface area contributed by atoms with Crippen LogP contribution in [0.3, 0.4) is 0 Å². The zero-order valence-electron chi connectivity index (χ0n) is 16.5. The van der Waals surface area contributed by atoms with Crippen molar-refractivity contribution >= 4 is 23.2 Å². The number of furan rings is 1. The van der Waals surface area contributed by atoms with Gasteiger partial charge < -0.3 is 15.1 Å². The molecule has 0 fully saturated rings. The van der Waals surface area contributed by atoms with Gasteiger partial charge in [-0.15, -0.1) is 11.3 Å². The van der Waals surface area contributed by atoms with E-state index in [1.54, 1.807) is 23.5 Å². The number of benzene rings is 1. The van der Waals surface area contributed by atoms with Gasteiger partial charge in [0.05, 0.1) is 12.3 Å². The Morgan fingerprint density at radius 3 is 2.59 bits per heavy atom. The third kappa shape index (κ3) is 6.06. The van der Waals surface area contributed by atoms with E-state index in [0.29, 0.717) is 19.4 Å². The Bertz CT molecular complexity index is 887. The summed E-state index contributed by atoms with van der Waals surface area (Å²) in [5.74, 6) is -0.0222. The highest BCUT2D eigenvalue weighted by molar-refractivity contribution is 7.10. The topological polar surface area (TPSA) is 71.3 Å². The van der Waals surface area contributed by atoms with E-state index >= 15 is 0 Å². The Labute approximate surface area is 175 Å². The van der Waals surface area contributed by atoms with Crippen molar-refractivity contribution < 1.29 is 14.0 Å². The fraction of sp³-hybridized carbons (Fsp3) is 0.304. The molecule has 0 aliphatic carbocycles. The van der Waals surface area contributed by atoms with Crippen LogP contribution in [0.25, 0.3) is 0 Å². The van der Waals surface area contributed by atoms with Gasteiger partial charge in [-0.05, 0) is 47.5 Å². The number of amides is 2. The molecule has 0 saturated heterocycles. The molecule has 0 aliphatic rings. The van der Waals surface area contributed by atoms with Gasteiger partial charge in [0.15, 0.2) is 5.76 Å². The number of hydrogen-bond donors (Lipinski definition) is 2. The zero-order chi connectivity index (χ0) is 20.5. The smallest absolute Gasteiger partial charge is 0.286 e. The summed E-state index contributed by atoms with van der Waals surface area (Å²) in [5.41, 5.74) is 2.38. The minimum atomic E-state index is -0.265. The number of carbonyl (C=O) groups excluding carboxylic acids is 2. The third-order valence-electron chi connectivity index (χ3n) is 4.60. The standard InChI is InChI=1S/C23H26N2O3S/c1-2-6-17-10-12-18(13-11-17)22(20-8-5-16-29-20)25-21(26)9-3-14-24-23(27)19-7-4-15-28-19/h4-5,7-8,10-13,15-16,22H,2-3,6,9,14H2,1H3,(H,24,27)(H,25,26). The molecular weight excluding hydrogens is 384 g/mol. The highest BCUT2D eigenvalue weighted by atomic mass is 32.1. The molecule has 2 amide bonds. The zero-order valence-corrected chi connectivity index (χ0v) is 17.3. The van der Waals surface area contributed by atoms with Crippen LogP contribution in [0.4, 0.5) is 0 Å². The van der Waals surface area contributed by atoms with Gasteiger partial charge in [0.25, 0.3) is 5.91 Å². The monoisotopic (exact) mass is 410 g/mol. The van der Waals surface area contributed by atoms with Gasteiger partial charge in [-0.25, -0.2) is 0 Å². The molecule has 2 aromatic heterocycles. The predicted octanol–water partition coefficient (Wildman–Crippen LogP) is 4.71. The van der Waals surface area contributed by atoms with Crippen LogP contribution in [0, 0.1) is 0 Å². The molecule has 1 aromatic carbocycles. The largest absolute Gasteiger partial charge is 0.459 e. The Balaban J connectivity index is 1.54. The molecule has 5 nitrogen and oxygen atoms in total. The lowest BCUT2D eigenvalue weighted by atomic mass is 10.0. The van der Waals surface area contributed by atoms with Crippen molar-refractivity contribution in [3.8, 4) is 0 Å². The van der Waals surface area contributed by atoms with E-state index in [1.807, 2.05) is 17.5 Å². The number of hydrogen-bond acceptors (Lipinski definition) is 4. The molecule has 0 aliphatic heterocycles. The van der Waals surface area contributed by atoms with Crippen LogP contribution in [-0.2, 0) is 11.2 Å². The van der Waals surface area contributed by atoms with Gasteiger partial charge in [0.2, 0.25) is 5.91 Å². The van der Waals surface area contributed by atoms with E-state index < -0.39 is 0 Å². The maximum Gasteiger partial charge on any atom is 0.286 e. The van der Waals surface area contributed by atoms with Gasteiger partial charge in [-0.2, -0.15) is 0 Å². The van der Waals surface area contributed by atoms with Crippen molar-refractivity contribution in [3.63, 3.8) is 0 Å². The van der Waals surface area contributed by atoms with E-state index in [-0.39, 0.29) is 23.6 Å². The lowest BCUT2D eigenvalue weighted by molar-refractivity contribution is -0.121. The van der Waals surface area contributed by atoms with Crippen LogP contribution in [-0.4, -0.2) is 18.4 Å². The molecular formula is C23H26N2O3S. The average Bonchev–Trinajstić information content (AvgIpc) is 3.44. The minimum Gasteiger partial charge on any atom is -0.459 e. The molecule has 1 atom stereocenters. The Morgan fingerprint density at radius 1 is 1.10 bits per heavy atom. The molecule has 0 bridgehead atoms. The van der Waals surface area contributed by atoms with E-state index in [2.05, 4.69) is 41.8 Å². The maximum atomic E-state index is 12.5. The predicted molar refractivity (Wildman–Crippen MR) is 115 cm³/mol. The minimum absolute atomic E-state index is 0.0340. The number of nitrogens with one attached hydrogen (secondary N) is 2. The first-order valence-corrected chi connectivity index (χ1v) is 10.8. The Morgan fingerprint density at radius 2 is 1.93 bits per heavy atom. The summed E-state index contributed by atoms with van der Waals surface area (Å²) in [6, 6.07) is 15.6. The molecule has 0 saturated carbocycles. The first-order valence-electron chi connectivity index (χ1n) is 9.90. The van der Waals surface area contributed by atoms with Gasteiger partial charge in [-0.3, -0.25) is 9.59 Å². The maximum absolute atomic E-state index is 12.5. The third-order valence-corrected chi connectivity index (χ3v) is 5.53. The molecule has 6 heteroatoms. The number of carbonyl (C=O) groups is 2. The summed E-state index contributed by atoms with van der Waals surface area (Å²) in [7, 11) is 0. The molecule has 0 radical (unpaired) electrons. The van der Waals surface area contributed by atoms with E-state index in [4.69, 9.17) is 4.42 Å². The molecule has 3 rings (SSSR count). The second kappa shape index (κ2) is 10.6. The second-order valence-corrected chi connectivity index (χ2v) is 7.82.